The van der Waals surface area contributed by atoms with Crippen LogP contribution >= 0.6 is 38.5 Å². The molecule has 0 aliphatic rings. The number of aryl methyl sites for hydroxylation is 1. The standard InChI is InChI=1S/C8H6BrIO/c1-5-2-6(4-11)3-7(9)8(5)10/h2-4H,1H3. The zero-order valence-corrected chi connectivity index (χ0v) is 9.64. The Kier molecular flexibility index (Phi) is 3.06. The van der Waals surface area contributed by atoms with Gasteiger partial charge in [-0.2, -0.15) is 0 Å². The van der Waals surface area contributed by atoms with Crippen molar-refractivity contribution in [2.75, 3.05) is 0 Å². The first-order valence-corrected chi connectivity index (χ1v) is 4.93. The minimum absolute atomic E-state index is 0.717. The second-order valence-electron chi connectivity index (χ2n) is 2.25. The summed E-state index contributed by atoms with van der Waals surface area (Å²) in [6.45, 7) is 1.99. The van der Waals surface area contributed by atoms with Crippen LogP contribution in [0.25, 0.3) is 0 Å². The Hall–Kier alpha value is 0.100. The molecule has 0 bridgehead atoms. The Morgan fingerprint density at radius 1 is 1.55 bits per heavy atom. The van der Waals surface area contributed by atoms with Crippen LogP contribution in [0.1, 0.15) is 15.9 Å². The molecular formula is C8H6BrIO. The van der Waals surface area contributed by atoms with E-state index in [0.717, 1.165) is 25.5 Å². The molecule has 0 spiro atoms. The van der Waals surface area contributed by atoms with Crippen LogP contribution in [0.3, 0.4) is 0 Å². The molecule has 11 heavy (non-hydrogen) atoms. The smallest absolute Gasteiger partial charge is 0.150 e. The molecule has 0 aromatic heterocycles. The Labute approximate surface area is 87.5 Å². The highest BCUT2D eigenvalue weighted by atomic mass is 127. The predicted molar refractivity (Wildman–Crippen MR) is 57.0 cm³/mol. The zero-order valence-electron chi connectivity index (χ0n) is 5.90. The maximum atomic E-state index is 10.4. The molecule has 0 radical (unpaired) electrons. The van der Waals surface area contributed by atoms with Crippen molar-refractivity contribution < 1.29 is 4.79 Å². The number of hydrogen-bond donors (Lipinski definition) is 0. The quantitative estimate of drug-likeness (QED) is 0.573. The molecule has 3 heteroatoms. The van der Waals surface area contributed by atoms with E-state index in [-0.39, 0.29) is 0 Å². The van der Waals surface area contributed by atoms with E-state index >= 15 is 0 Å². The highest BCUT2D eigenvalue weighted by Gasteiger charge is 2.01. The number of rotatable bonds is 1. The molecule has 58 valence electrons. The van der Waals surface area contributed by atoms with Crippen molar-refractivity contribution in [3.05, 3.63) is 31.3 Å². The van der Waals surface area contributed by atoms with Gasteiger partial charge < -0.3 is 0 Å². The third kappa shape index (κ3) is 2.02. The lowest BCUT2D eigenvalue weighted by Crippen LogP contribution is -1.86. The molecule has 1 rings (SSSR count). The van der Waals surface area contributed by atoms with Crippen LogP contribution < -0.4 is 0 Å². The van der Waals surface area contributed by atoms with Crippen molar-refractivity contribution in [1.29, 1.82) is 0 Å². The molecular weight excluding hydrogens is 319 g/mol. The van der Waals surface area contributed by atoms with Crippen molar-refractivity contribution in [1.82, 2.24) is 0 Å². The molecule has 1 aromatic rings. The van der Waals surface area contributed by atoms with Crippen LogP contribution in [0.2, 0.25) is 0 Å². The fraction of sp³-hybridized carbons (Fsp3) is 0.125. The second-order valence-corrected chi connectivity index (χ2v) is 4.18. The van der Waals surface area contributed by atoms with Crippen LogP contribution in [-0.4, -0.2) is 6.29 Å². The molecule has 0 saturated heterocycles. The summed E-state index contributed by atoms with van der Waals surface area (Å²) in [5.41, 5.74) is 1.84. The van der Waals surface area contributed by atoms with E-state index in [1.807, 2.05) is 19.1 Å². The van der Waals surface area contributed by atoms with Gasteiger partial charge in [-0.1, -0.05) is 0 Å². The minimum Gasteiger partial charge on any atom is -0.298 e. The first kappa shape index (κ1) is 9.19. The summed E-state index contributed by atoms with van der Waals surface area (Å²) in [6, 6.07) is 3.70. The van der Waals surface area contributed by atoms with Crippen LogP contribution in [0.4, 0.5) is 0 Å². The Morgan fingerprint density at radius 2 is 2.18 bits per heavy atom. The van der Waals surface area contributed by atoms with E-state index in [1.54, 1.807) is 0 Å². The zero-order chi connectivity index (χ0) is 8.43. The largest absolute Gasteiger partial charge is 0.298 e. The predicted octanol–water partition coefficient (Wildman–Crippen LogP) is 3.17. The monoisotopic (exact) mass is 324 g/mol. The summed E-state index contributed by atoms with van der Waals surface area (Å²) < 4.78 is 2.15. The van der Waals surface area contributed by atoms with Gasteiger partial charge in [0.25, 0.3) is 0 Å². The average Bonchev–Trinajstić information content (AvgIpc) is 1.99. The molecule has 0 aliphatic carbocycles. The van der Waals surface area contributed by atoms with Crippen molar-refractivity contribution >= 4 is 44.8 Å². The van der Waals surface area contributed by atoms with Crippen molar-refractivity contribution in [2.45, 2.75) is 6.92 Å². The topological polar surface area (TPSA) is 17.1 Å². The fourth-order valence-electron chi connectivity index (χ4n) is 0.821. The highest BCUT2D eigenvalue weighted by molar-refractivity contribution is 14.1. The molecule has 0 saturated carbocycles. The molecule has 0 amide bonds. The third-order valence-corrected chi connectivity index (χ3v) is 4.17. The minimum atomic E-state index is 0.717. The van der Waals surface area contributed by atoms with E-state index in [2.05, 4.69) is 38.5 Å². The summed E-state index contributed by atoms with van der Waals surface area (Å²) in [4.78, 5) is 10.4. The summed E-state index contributed by atoms with van der Waals surface area (Å²) in [5, 5.41) is 0. The molecule has 1 nitrogen and oxygen atoms in total. The number of aldehydes is 1. The number of benzene rings is 1. The maximum absolute atomic E-state index is 10.4. The van der Waals surface area contributed by atoms with Gasteiger partial charge >= 0.3 is 0 Å². The Balaban J connectivity index is 3.31. The van der Waals surface area contributed by atoms with E-state index < -0.39 is 0 Å². The van der Waals surface area contributed by atoms with E-state index in [0.29, 0.717) is 0 Å². The van der Waals surface area contributed by atoms with Gasteiger partial charge in [0.15, 0.2) is 0 Å². The van der Waals surface area contributed by atoms with Crippen molar-refractivity contribution in [3.8, 4) is 0 Å². The van der Waals surface area contributed by atoms with Gasteiger partial charge in [-0.15, -0.1) is 0 Å². The Morgan fingerprint density at radius 3 is 2.64 bits per heavy atom. The summed E-state index contributed by atoms with van der Waals surface area (Å²) in [5.74, 6) is 0. The Bertz CT molecular complexity index is 273. The van der Waals surface area contributed by atoms with Gasteiger partial charge in [-0.3, -0.25) is 4.79 Å². The lowest BCUT2D eigenvalue weighted by Gasteiger charge is -2.01. The number of carbonyl (C=O) groups is 1. The van der Waals surface area contributed by atoms with Crippen molar-refractivity contribution in [2.24, 2.45) is 0 Å². The summed E-state index contributed by atoms with van der Waals surface area (Å²) in [6.07, 6.45) is 0.855. The molecule has 0 aliphatic heterocycles. The number of hydrogen-bond acceptors (Lipinski definition) is 1. The maximum Gasteiger partial charge on any atom is 0.150 e. The van der Waals surface area contributed by atoms with E-state index in [9.17, 15) is 4.79 Å². The van der Waals surface area contributed by atoms with Gasteiger partial charge in [-0.05, 0) is 63.1 Å². The molecule has 0 heterocycles. The number of carbonyl (C=O) groups excluding carboxylic acids is 1. The van der Waals surface area contributed by atoms with E-state index in [1.165, 1.54) is 0 Å². The van der Waals surface area contributed by atoms with Crippen LogP contribution in [0.15, 0.2) is 16.6 Å². The highest BCUT2D eigenvalue weighted by Crippen LogP contribution is 2.23. The molecule has 0 N–H and O–H groups in total. The SMILES string of the molecule is Cc1cc(C=O)cc(Br)c1I. The molecule has 0 fully saturated rings. The molecule has 1 aromatic carbocycles. The van der Waals surface area contributed by atoms with Gasteiger partial charge in [0.05, 0.1) is 0 Å². The van der Waals surface area contributed by atoms with Gasteiger partial charge in [-0.25, -0.2) is 0 Å². The number of halogens is 2. The van der Waals surface area contributed by atoms with Gasteiger partial charge in [0.1, 0.15) is 6.29 Å². The third-order valence-electron chi connectivity index (χ3n) is 1.37. The normalized spacial score (nSPS) is 9.73. The van der Waals surface area contributed by atoms with Gasteiger partial charge in [0.2, 0.25) is 0 Å². The van der Waals surface area contributed by atoms with Crippen LogP contribution in [0, 0.1) is 10.5 Å². The summed E-state index contributed by atoms with van der Waals surface area (Å²) in [7, 11) is 0. The average molecular weight is 325 g/mol. The van der Waals surface area contributed by atoms with E-state index in [4.69, 9.17) is 0 Å². The first-order chi connectivity index (χ1) is 5.15. The lowest BCUT2D eigenvalue weighted by atomic mass is 10.2. The second kappa shape index (κ2) is 3.67. The fourth-order valence-corrected chi connectivity index (χ4v) is 1.71. The first-order valence-electron chi connectivity index (χ1n) is 3.06. The van der Waals surface area contributed by atoms with Crippen LogP contribution in [0.5, 0.6) is 0 Å². The summed E-state index contributed by atoms with van der Waals surface area (Å²) >= 11 is 5.61. The van der Waals surface area contributed by atoms with Crippen molar-refractivity contribution in [3.63, 3.8) is 0 Å². The van der Waals surface area contributed by atoms with Gasteiger partial charge in [0, 0.05) is 13.6 Å². The molecule has 0 unspecified atom stereocenters. The van der Waals surface area contributed by atoms with Crippen LogP contribution in [-0.2, 0) is 0 Å². The molecule has 0 atom stereocenters. The lowest BCUT2D eigenvalue weighted by molar-refractivity contribution is 0.112.